The van der Waals surface area contributed by atoms with Crippen LogP contribution < -0.4 is 10.2 Å². The van der Waals surface area contributed by atoms with Gasteiger partial charge in [0.05, 0.1) is 32.2 Å². The number of nitrogens with zero attached hydrogens (tertiary/aromatic N) is 1. The highest BCUT2D eigenvalue weighted by molar-refractivity contribution is 7.99. The Morgan fingerprint density at radius 1 is 1.25 bits per heavy atom. The first-order valence-corrected chi connectivity index (χ1v) is 9.54. The predicted octanol–water partition coefficient (Wildman–Crippen LogP) is -0.767. The SMILES string of the molecule is O=C(NCC[NH+]1CCOCC1)[C@H]1CSCN1C(=O)c1ccccc1. The van der Waals surface area contributed by atoms with E-state index in [2.05, 4.69) is 5.32 Å². The van der Waals surface area contributed by atoms with E-state index in [1.54, 1.807) is 28.8 Å². The summed E-state index contributed by atoms with van der Waals surface area (Å²) in [5.74, 6) is 1.12. The summed E-state index contributed by atoms with van der Waals surface area (Å²) in [6, 6.07) is 8.79. The number of ether oxygens (including phenoxy) is 1. The van der Waals surface area contributed by atoms with Crippen molar-refractivity contribution in [1.29, 1.82) is 0 Å². The Hall–Kier alpha value is -1.57. The van der Waals surface area contributed by atoms with Gasteiger partial charge in [-0.1, -0.05) is 18.2 Å². The minimum Gasteiger partial charge on any atom is -0.370 e. The molecule has 1 atom stereocenters. The molecule has 0 radical (unpaired) electrons. The van der Waals surface area contributed by atoms with E-state index in [4.69, 9.17) is 4.74 Å². The summed E-state index contributed by atoms with van der Waals surface area (Å²) >= 11 is 1.63. The van der Waals surface area contributed by atoms with E-state index in [-0.39, 0.29) is 17.9 Å². The van der Waals surface area contributed by atoms with Crippen LogP contribution in [0.2, 0.25) is 0 Å². The summed E-state index contributed by atoms with van der Waals surface area (Å²) in [5.41, 5.74) is 0.635. The molecule has 1 aromatic rings. The second kappa shape index (κ2) is 8.50. The van der Waals surface area contributed by atoms with Crippen molar-refractivity contribution in [1.82, 2.24) is 10.2 Å². The zero-order valence-electron chi connectivity index (χ0n) is 13.7. The van der Waals surface area contributed by atoms with Gasteiger partial charge in [-0.2, -0.15) is 0 Å². The lowest BCUT2D eigenvalue weighted by Gasteiger charge is -2.25. The molecular weight excluding hydrogens is 326 g/mol. The molecule has 0 spiro atoms. The number of rotatable bonds is 5. The van der Waals surface area contributed by atoms with Crippen LogP contribution in [0.15, 0.2) is 30.3 Å². The molecule has 130 valence electrons. The van der Waals surface area contributed by atoms with Crippen molar-refractivity contribution in [3.63, 3.8) is 0 Å². The number of hydrogen-bond donors (Lipinski definition) is 2. The molecule has 0 bridgehead atoms. The molecule has 2 heterocycles. The minimum absolute atomic E-state index is 0.0445. The van der Waals surface area contributed by atoms with E-state index >= 15 is 0 Å². The van der Waals surface area contributed by atoms with Gasteiger partial charge in [-0.3, -0.25) is 9.59 Å². The number of nitrogens with one attached hydrogen (secondary N) is 2. The van der Waals surface area contributed by atoms with Gasteiger partial charge in [-0.05, 0) is 12.1 Å². The maximum atomic E-state index is 12.6. The van der Waals surface area contributed by atoms with E-state index in [1.807, 2.05) is 18.2 Å². The van der Waals surface area contributed by atoms with Crippen molar-refractivity contribution in [3.8, 4) is 0 Å². The van der Waals surface area contributed by atoms with Crippen LogP contribution in [0.1, 0.15) is 10.4 Å². The first-order valence-electron chi connectivity index (χ1n) is 8.38. The van der Waals surface area contributed by atoms with E-state index in [9.17, 15) is 9.59 Å². The third kappa shape index (κ3) is 4.28. The Morgan fingerprint density at radius 3 is 2.75 bits per heavy atom. The van der Waals surface area contributed by atoms with Gasteiger partial charge in [0.2, 0.25) is 5.91 Å². The van der Waals surface area contributed by atoms with E-state index < -0.39 is 0 Å². The van der Waals surface area contributed by atoms with Gasteiger partial charge in [-0.25, -0.2) is 0 Å². The molecule has 2 aliphatic rings. The van der Waals surface area contributed by atoms with Crippen LogP contribution in [0.25, 0.3) is 0 Å². The third-order valence-electron chi connectivity index (χ3n) is 4.44. The monoisotopic (exact) mass is 350 g/mol. The van der Waals surface area contributed by atoms with Crippen LogP contribution in [0.5, 0.6) is 0 Å². The van der Waals surface area contributed by atoms with Gasteiger partial charge < -0.3 is 19.9 Å². The molecule has 0 saturated carbocycles. The minimum atomic E-state index is -0.373. The van der Waals surface area contributed by atoms with Crippen molar-refractivity contribution in [3.05, 3.63) is 35.9 Å². The van der Waals surface area contributed by atoms with Crippen molar-refractivity contribution >= 4 is 23.6 Å². The zero-order chi connectivity index (χ0) is 16.8. The van der Waals surface area contributed by atoms with Crippen LogP contribution in [0, 0.1) is 0 Å². The highest BCUT2D eigenvalue weighted by Crippen LogP contribution is 2.23. The van der Waals surface area contributed by atoms with Crippen LogP contribution in [0.4, 0.5) is 0 Å². The number of carbonyl (C=O) groups is 2. The Morgan fingerprint density at radius 2 is 2.00 bits per heavy atom. The number of hydrogen-bond acceptors (Lipinski definition) is 4. The van der Waals surface area contributed by atoms with Crippen molar-refractivity contribution in [2.24, 2.45) is 0 Å². The molecule has 0 aromatic heterocycles. The smallest absolute Gasteiger partial charge is 0.255 e. The normalized spacial score (nSPS) is 21.7. The average Bonchev–Trinajstić information content (AvgIpc) is 3.12. The van der Waals surface area contributed by atoms with Crippen molar-refractivity contribution < 1.29 is 19.2 Å². The summed E-state index contributed by atoms with van der Waals surface area (Å²) in [6.45, 7) is 5.12. The predicted molar refractivity (Wildman–Crippen MR) is 93.1 cm³/mol. The molecule has 7 heteroatoms. The molecular formula is C17H24N3O3S+. The molecule has 2 N–H and O–H groups in total. The van der Waals surface area contributed by atoms with Gasteiger partial charge >= 0.3 is 0 Å². The number of carbonyl (C=O) groups excluding carboxylic acids is 2. The van der Waals surface area contributed by atoms with Gasteiger partial charge in [0.25, 0.3) is 5.91 Å². The molecule has 3 rings (SSSR count). The maximum Gasteiger partial charge on any atom is 0.255 e. The molecule has 2 amide bonds. The Balaban J connectivity index is 1.51. The van der Waals surface area contributed by atoms with E-state index in [1.165, 1.54) is 4.90 Å². The van der Waals surface area contributed by atoms with Gasteiger partial charge in [0, 0.05) is 11.3 Å². The second-order valence-corrected chi connectivity index (χ2v) is 7.06. The molecule has 2 aliphatic heterocycles. The van der Waals surface area contributed by atoms with Crippen LogP contribution in [-0.4, -0.2) is 73.8 Å². The summed E-state index contributed by atoms with van der Waals surface area (Å²) in [7, 11) is 0. The fourth-order valence-electron chi connectivity index (χ4n) is 3.00. The highest BCUT2D eigenvalue weighted by Gasteiger charge is 2.35. The first-order chi connectivity index (χ1) is 11.8. The Bertz CT molecular complexity index is 563. The second-order valence-electron chi connectivity index (χ2n) is 6.06. The maximum absolute atomic E-state index is 12.6. The molecule has 1 aromatic carbocycles. The lowest BCUT2D eigenvalue weighted by molar-refractivity contribution is -0.906. The zero-order valence-corrected chi connectivity index (χ0v) is 14.5. The van der Waals surface area contributed by atoms with E-state index in [0.29, 0.717) is 23.7 Å². The fraction of sp³-hybridized carbons (Fsp3) is 0.529. The highest BCUT2D eigenvalue weighted by atomic mass is 32.2. The summed E-state index contributed by atoms with van der Waals surface area (Å²) in [6.07, 6.45) is 0. The molecule has 2 saturated heterocycles. The van der Waals surface area contributed by atoms with E-state index in [0.717, 1.165) is 32.8 Å². The lowest BCUT2D eigenvalue weighted by Crippen LogP contribution is -3.14. The molecule has 6 nitrogen and oxygen atoms in total. The first kappa shape index (κ1) is 17.3. The fourth-order valence-corrected chi connectivity index (χ4v) is 4.15. The average molecular weight is 350 g/mol. The topological polar surface area (TPSA) is 63.1 Å². The van der Waals surface area contributed by atoms with Crippen LogP contribution >= 0.6 is 11.8 Å². The van der Waals surface area contributed by atoms with Crippen LogP contribution in [-0.2, 0) is 9.53 Å². The molecule has 0 unspecified atom stereocenters. The van der Waals surface area contributed by atoms with Crippen molar-refractivity contribution in [2.75, 3.05) is 51.0 Å². The molecule has 0 aliphatic carbocycles. The molecule has 2 fully saturated rings. The summed E-state index contributed by atoms with van der Waals surface area (Å²) < 4.78 is 5.34. The van der Waals surface area contributed by atoms with Gasteiger partial charge in [0.15, 0.2) is 0 Å². The quantitative estimate of drug-likeness (QED) is 0.732. The largest absolute Gasteiger partial charge is 0.370 e. The Labute approximate surface area is 146 Å². The van der Waals surface area contributed by atoms with Gasteiger partial charge in [-0.15, -0.1) is 11.8 Å². The lowest BCUT2D eigenvalue weighted by atomic mass is 10.1. The summed E-state index contributed by atoms with van der Waals surface area (Å²) in [4.78, 5) is 28.2. The molecule has 24 heavy (non-hydrogen) atoms. The van der Waals surface area contributed by atoms with Gasteiger partial charge in [0.1, 0.15) is 19.1 Å². The number of thioether (sulfide) groups is 1. The standard InChI is InChI=1S/C17H23N3O3S/c21-16(18-6-7-19-8-10-23-11-9-19)15-12-24-13-20(15)17(22)14-4-2-1-3-5-14/h1-5,15H,6-13H2,(H,18,21)/p+1/t15-/m1/s1. The number of amides is 2. The number of morpholine rings is 1. The Kier molecular flexibility index (Phi) is 6.12. The van der Waals surface area contributed by atoms with Crippen LogP contribution in [0.3, 0.4) is 0 Å². The number of quaternary nitrogens is 1. The van der Waals surface area contributed by atoms with Crippen molar-refractivity contribution in [2.45, 2.75) is 6.04 Å². The summed E-state index contributed by atoms with van der Waals surface area (Å²) in [5, 5.41) is 3.00. The third-order valence-corrected chi connectivity index (χ3v) is 5.46. The number of benzene rings is 1.